The Hall–Kier alpha value is -2.72. The van der Waals surface area contributed by atoms with Gasteiger partial charge in [-0.1, -0.05) is 58.5 Å². The van der Waals surface area contributed by atoms with Crippen molar-refractivity contribution in [1.29, 1.82) is 0 Å². The summed E-state index contributed by atoms with van der Waals surface area (Å²) in [5.41, 5.74) is 1.60. The number of benzene rings is 2. The van der Waals surface area contributed by atoms with Crippen LogP contribution in [-0.4, -0.2) is 39.2 Å². The number of aliphatic carboxylic acids is 1. The molecule has 190 valence electrons. The predicted octanol–water partition coefficient (Wildman–Crippen LogP) is 6.75. The molecule has 2 fully saturated rings. The van der Waals surface area contributed by atoms with E-state index in [1.807, 2.05) is 23.1 Å². The van der Waals surface area contributed by atoms with E-state index >= 15 is 0 Å². The third-order valence-corrected chi connectivity index (χ3v) is 7.83. The van der Waals surface area contributed by atoms with E-state index in [0.29, 0.717) is 30.8 Å². The van der Waals surface area contributed by atoms with E-state index in [9.17, 15) is 18.0 Å². The maximum absolute atomic E-state index is 13.9. The SMILES string of the molecule is O=C(O)C1CN(Cc2ccc(-c3noc(-c4ccc(C5CCCCC5)c(C(F)(F)F)c4)n3)cc2Br)C1. The van der Waals surface area contributed by atoms with E-state index < -0.39 is 17.7 Å². The number of likely N-dealkylation sites (tertiary alicyclic amines) is 1. The third kappa shape index (κ3) is 5.20. The lowest BCUT2D eigenvalue weighted by molar-refractivity contribution is -0.147. The number of carboxylic acid groups (broad SMARTS) is 1. The van der Waals surface area contributed by atoms with E-state index in [0.717, 1.165) is 48.2 Å². The van der Waals surface area contributed by atoms with Crippen LogP contribution in [0.4, 0.5) is 13.2 Å². The van der Waals surface area contributed by atoms with Gasteiger partial charge < -0.3 is 9.63 Å². The van der Waals surface area contributed by atoms with Gasteiger partial charge in [0.1, 0.15) is 0 Å². The molecule has 2 aliphatic rings. The Labute approximate surface area is 214 Å². The largest absolute Gasteiger partial charge is 0.481 e. The van der Waals surface area contributed by atoms with Gasteiger partial charge in [-0.3, -0.25) is 9.69 Å². The van der Waals surface area contributed by atoms with E-state index in [-0.39, 0.29) is 29.1 Å². The molecule has 0 atom stereocenters. The Morgan fingerprint density at radius 2 is 1.81 bits per heavy atom. The number of carboxylic acids is 1. The standard InChI is InChI=1S/C26H25BrF3N3O3/c27-22-11-16(6-7-18(22)12-33-13-19(14-33)25(34)35)23-31-24(36-32-23)17-8-9-20(15-4-2-1-3-5-15)21(10-17)26(28,29)30/h6-11,15,19H,1-5,12-14H2,(H,34,35). The van der Waals surface area contributed by atoms with Crippen molar-refractivity contribution in [3.63, 3.8) is 0 Å². The van der Waals surface area contributed by atoms with E-state index in [2.05, 4.69) is 26.1 Å². The molecule has 1 aliphatic carbocycles. The highest BCUT2D eigenvalue weighted by Crippen LogP contribution is 2.42. The molecule has 36 heavy (non-hydrogen) atoms. The van der Waals surface area contributed by atoms with Crippen molar-refractivity contribution in [3.8, 4) is 22.8 Å². The summed E-state index contributed by atoms with van der Waals surface area (Å²) in [6, 6.07) is 9.85. The lowest BCUT2D eigenvalue weighted by Crippen LogP contribution is -2.49. The minimum absolute atomic E-state index is 0.0335. The van der Waals surface area contributed by atoms with Crippen LogP contribution in [0.1, 0.15) is 54.7 Å². The molecule has 1 saturated carbocycles. The van der Waals surface area contributed by atoms with Gasteiger partial charge in [-0.15, -0.1) is 0 Å². The van der Waals surface area contributed by atoms with Gasteiger partial charge in [-0.2, -0.15) is 18.2 Å². The van der Waals surface area contributed by atoms with Gasteiger partial charge in [-0.25, -0.2) is 0 Å². The second kappa shape index (κ2) is 9.97. The summed E-state index contributed by atoms with van der Waals surface area (Å²) in [5, 5.41) is 13.0. The first-order chi connectivity index (χ1) is 17.2. The summed E-state index contributed by atoms with van der Waals surface area (Å²) >= 11 is 3.54. The maximum atomic E-state index is 13.9. The molecular formula is C26H25BrF3N3O3. The molecule has 0 bridgehead atoms. The fraction of sp³-hybridized carbons (Fsp3) is 0.423. The van der Waals surface area contributed by atoms with E-state index in [4.69, 9.17) is 9.63 Å². The Balaban J connectivity index is 1.35. The van der Waals surface area contributed by atoms with Crippen molar-refractivity contribution in [2.24, 2.45) is 5.92 Å². The predicted molar refractivity (Wildman–Crippen MR) is 130 cm³/mol. The summed E-state index contributed by atoms with van der Waals surface area (Å²) in [4.78, 5) is 17.4. The fourth-order valence-electron chi connectivity index (χ4n) is 5.07. The molecule has 0 radical (unpaired) electrons. The minimum atomic E-state index is -4.46. The third-order valence-electron chi connectivity index (χ3n) is 7.09. The van der Waals surface area contributed by atoms with Gasteiger partial charge >= 0.3 is 12.1 Å². The van der Waals surface area contributed by atoms with E-state index in [1.165, 1.54) is 0 Å². The molecule has 2 heterocycles. The number of halogens is 4. The monoisotopic (exact) mass is 563 g/mol. The number of rotatable bonds is 6. The summed E-state index contributed by atoms with van der Waals surface area (Å²) in [6.07, 6.45) is 0.0538. The fourth-order valence-corrected chi connectivity index (χ4v) is 5.58. The number of carbonyl (C=O) groups is 1. The molecule has 0 amide bonds. The smallest absolute Gasteiger partial charge is 0.416 e. The number of hydrogen-bond acceptors (Lipinski definition) is 5. The van der Waals surface area contributed by atoms with Gasteiger partial charge in [-0.05, 0) is 48.1 Å². The lowest BCUT2D eigenvalue weighted by Gasteiger charge is -2.36. The second-order valence-corrected chi connectivity index (χ2v) is 10.4. The van der Waals surface area contributed by atoms with Crippen LogP contribution in [0.25, 0.3) is 22.8 Å². The topological polar surface area (TPSA) is 79.5 Å². The number of alkyl halides is 3. The van der Waals surface area contributed by atoms with Gasteiger partial charge in [0.2, 0.25) is 5.82 Å². The number of nitrogens with zero attached hydrogens (tertiary/aromatic N) is 3. The quantitative estimate of drug-likeness (QED) is 0.357. The van der Waals surface area contributed by atoms with Crippen molar-refractivity contribution in [3.05, 3.63) is 57.6 Å². The summed E-state index contributed by atoms with van der Waals surface area (Å²) < 4.78 is 47.9. The number of aromatic nitrogens is 2. The second-order valence-electron chi connectivity index (χ2n) is 9.59. The van der Waals surface area contributed by atoms with Crippen LogP contribution in [0.2, 0.25) is 0 Å². The molecule has 0 unspecified atom stereocenters. The van der Waals surface area contributed by atoms with Crippen LogP contribution in [0, 0.1) is 5.92 Å². The highest BCUT2D eigenvalue weighted by molar-refractivity contribution is 9.10. The van der Waals surface area contributed by atoms with Crippen LogP contribution in [0.15, 0.2) is 45.4 Å². The van der Waals surface area contributed by atoms with Crippen LogP contribution < -0.4 is 0 Å². The summed E-state index contributed by atoms with van der Waals surface area (Å²) in [6.45, 7) is 1.63. The van der Waals surface area contributed by atoms with Crippen molar-refractivity contribution in [1.82, 2.24) is 15.0 Å². The van der Waals surface area contributed by atoms with Crippen molar-refractivity contribution in [2.75, 3.05) is 13.1 Å². The van der Waals surface area contributed by atoms with Crippen LogP contribution in [-0.2, 0) is 17.5 Å². The zero-order valence-corrected chi connectivity index (χ0v) is 21.0. The minimum Gasteiger partial charge on any atom is -0.481 e. The van der Waals surface area contributed by atoms with Crippen molar-refractivity contribution < 1.29 is 27.6 Å². The van der Waals surface area contributed by atoms with Gasteiger partial charge in [0.25, 0.3) is 5.89 Å². The first kappa shape index (κ1) is 25.0. The van der Waals surface area contributed by atoms with Gasteiger partial charge in [0.05, 0.1) is 11.5 Å². The molecule has 3 aromatic rings. The highest BCUT2D eigenvalue weighted by atomic mass is 79.9. The molecule has 1 saturated heterocycles. The molecule has 1 N–H and O–H groups in total. The zero-order valence-electron chi connectivity index (χ0n) is 19.4. The Morgan fingerprint density at radius 3 is 2.47 bits per heavy atom. The zero-order chi connectivity index (χ0) is 25.4. The van der Waals surface area contributed by atoms with Crippen LogP contribution in [0.5, 0.6) is 0 Å². The van der Waals surface area contributed by atoms with E-state index in [1.54, 1.807) is 12.1 Å². The molecule has 2 aromatic carbocycles. The van der Waals surface area contributed by atoms with Gasteiger partial charge in [0, 0.05) is 35.2 Å². The lowest BCUT2D eigenvalue weighted by atomic mass is 9.81. The van der Waals surface area contributed by atoms with Crippen LogP contribution >= 0.6 is 15.9 Å². The Morgan fingerprint density at radius 1 is 1.08 bits per heavy atom. The maximum Gasteiger partial charge on any atom is 0.416 e. The van der Waals surface area contributed by atoms with Gasteiger partial charge in [0.15, 0.2) is 0 Å². The van der Waals surface area contributed by atoms with Crippen LogP contribution in [0.3, 0.4) is 0 Å². The molecule has 5 rings (SSSR count). The Bertz CT molecular complexity index is 1260. The first-order valence-electron chi connectivity index (χ1n) is 12.0. The highest BCUT2D eigenvalue weighted by Gasteiger charge is 2.36. The molecule has 0 spiro atoms. The molecular weight excluding hydrogens is 539 g/mol. The van der Waals surface area contributed by atoms with Crippen molar-refractivity contribution in [2.45, 2.75) is 50.7 Å². The first-order valence-corrected chi connectivity index (χ1v) is 12.8. The molecule has 1 aromatic heterocycles. The normalized spacial score (nSPS) is 17.8. The Kier molecular flexibility index (Phi) is 6.91. The summed E-state index contributed by atoms with van der Waals surface area (Å²) in [5.74, 6) is -0.872. The average Bonchev–Trinajstić information content (AvgIpc) is 3.31. The molecule has 1 aliphatic heterocycles. The van der Waals surface area contributed by atoms with Crippen molar-refractivity contribution >= 4 is 21.9 Å². The number of hydrogen-bond donors (Lipinski definition) is 1. The summed E-state index contributed by atoms with van der Waals surface area (Å²) in [7, 11) is 0. The average molecular weight is 564 g/mol. The molecule has 10 heteroatoms. The molecule has 6 nitrogen and oxygen atoms in total.